The first kappa shape index (κ1) is 19.9. The number of hydrogen-bond donors (Lipinski definition) is 1. The molecule has 146 valence electrons. The first-order valence-corrected chi connectivity index (χ1v) is 10.1. The van der Waals surface area contributed by atoms with Gasteiger partial charge in [-0.05, 0) is 49.1 Å². The van der Waals surface area contributed by atoms with Gasteiger partial charge in [0.05, 0.1) is 12.5 Å². The van der Waals surface area contributed by atoms with Crippen molar-refractivity contribution in [3.8, 4) is 16.8 Å². The van der Waals surface area contributed by atoms with Gasteiger partial charge in [0.25, 0.3) is 5.91 Å². The Morgan fingerprint density at radius 2 is 1.86 bits per heavy atom. The van der Waals surface area contributed by atoms with Crippen molar-refractivity contribution >= 4 is 5.91 Å². The van der Waals surface area contributed by atoms with Gasteiger partial charge in [-0.25, -0.2) is 4.98 Å². The molecule has 1 amide bonds. The number of hydrogen-bond acceptors (Lipinski definition) is 2. The number of nitrogens with zero attached hydrogens (tertiary/aromatic N) is 2. The lowest BCUT2D eigenvalue weighted by Gasteiger charge is -2.15. The average Bonchev–Trinajstić information content (AvgIpc) is 3.19. The van der Waals surface area contributed by atoms with Gasteiger partial charge >= 0.3 is 0 Å². The largest absolute Gasteiger partial charge is 0.348 e. The summed E-state index contributed by atoms with van der Waals surface area (Å²) in [5.41, 5.74) is 5.12. The Morgan fingerprint density at radius 1 is 1.11 bits per heavy atom. The maximum absolute atomic E-state index is 12.7. The molecule has 0 unspecified atom stereocenters. The Labute approximate surface area is 167 Å². The van der Waals surface area contributed by atoms with Crippen molar-refractivity contribution in [1.29, 1.82) is 0 Å². The molecule has 1 atom stereocenters. The van der Waals surface area contributed by atoms with Crippen molar-refractivity contribution in [3.63, 3.8) is 0 Å². The van der Waals surface area contributed by atoms with Crippen molar-refractivity contribution in [2.75, 3.05) is 0 Å². The van der Waals surface area contributed by atoms with Crippen molar-refractivity contribution in [2.24, 2.45) is 0 Å². The maximum atomic E-state index is 12.7. The summed E-state index contributed by atoms with van der Waals surface area (Å²) in [5.74, 6) is -0.0792. The van der Waals surface area contributed by atoms with Crippen molar-refractivity contribution in [2.45, 2.75) is 52.5 Å². The van der Waals surface area contributed by atoms with Gasteiger partial charge in [-0.2, -0.15) is 0 Å². The molecule has 1 N–H and O–H groups in total. The fraction of sp³-hybridized carbons (Fsp3) is 0.333. The van der Waals surface area contributed by atoms with Crippen LogP contribution >= 0.6 is 0 Å². The zero-order valence-corrected chi connectivity index (χ0v) is 17.0. The molecule has 0 aliphatic heterocycles. The molecule has 1 heterocycles. The molecule has 0 saturated heterocycles. The second-order valence-corrected chi connectivity index (χ2v) is 7.38. The van der Waals surface area contributed by atoms with Crippen molar-refractivity contribution in [1.82, 2.24) is 14.9 Å². The standard InChI is InChI=1S/C24H29N3O/c1-4-5-6-10-19(3)26-24(28)23-16-25-17-27(23)21-14-12-20(13-15-21)22-11-8-7-9-18(22)2/h7-9,11-17,19H,4-6,10H2,1-3H3,(H,26,28)/t19-/m0/s1. The van der Waals surface area contributed by atoms with Crippen LogP contribution in [-0.4, -0.2) is 21.5 Å². The molecular weight excluding hydrogens is 346 g/mol. The van der Waals surface area contributed by atoms with Crippen LogP contribution in [0.3, 0.4) is 0 Å². The molecule has 0 spiro atoms. The maximum Gasteiger partial charge on any atom is 0.270 e. The van der Waals surface area contributed by atoms with Crippen molar-refractivity contribution in [3.05, 3.63) is 72.3 Å². The molecule has 0 radical (unpaired) electrons. The van der Waals surface area contributed by atoms with Crippen LogP contribution in [0, 0.1) is 6.92 Å². The van der Waals surface area contributed by atoms with E-state index in [0.29, 0.717) is 5.69 Å². The molecule has 0 bridgehead atoms. The van der Waals surface area contributed by atoms with E-state index in [1.165, 1.54) is 24.0 Å². The first-order chi connectivity index (χ1) is 13.6. The number of carbonyl (C=O) groups excluding carboxylic acids is 1. The van der Waals surface area contributed by atoms with Crippen LogP contribution < -0.4 is 5.32 Å². The number of nitrogens with one attached hydrogen (secondary N) is 1. The van der Waals surface area contributed by atoms with E-state index in [9.17, 15) is 4.79 Å². The van der Waals surface area contributed by atoms with E-state index in [2.05, 4.69) is 61.4 Å². The molecule has 3 aromatic rings. The molecule has 0 aliphatic rings. The fourth-order valence-corrected chi connectivity index (χ4v) is 3.44. The second-order valence-electron chi connectivity index (χ2n) is 7.38. The third-order valence-corrected chi connectivity index (χ3v) is 5.09. The predicted molar refractivity (Wildman–Crippen MR) is 115 cm³/mol. The Bertz CT molecular complexity index is 912. The Balaban J connectivity index is 1.74. The molecule has 1 aromatic heterocycles. The SMILES string of the molecule is CCCCC[C@H](C)NC(=O)c1cncn1-c1ccc(-c2ccccc2C)cc1. The highest BCUT2D eigenvalue weighted by Gasteiger charge is 2.15. The average molecular weight is 376 g/mol. The van der Waals surface area contributed by atoms with Crippen LogP contribution in [-0.2, 0) is 0 Å². The van der Waals surface area contributed by atoms with Gasteiger partial charge in [-0.3, -0.25) is 9.36 Å². The summed E-state index contributed by atoms with van der Waals surface area (Å²) >= 11 is 0. The number of aromatic nitrogens is 2. The molecule has 0 aliphatic carbocycles. The molecule has 4 heteroatoms. The van der Waals surface area contributed by atoms with E-state index in [1.54, 1.807) is 12.5 Å². The van der Waals surface area contributed by atoms with Gasteiger partial charge in [-0.1, -0.05) is 62.6 Å². The van der Waals surface area contributed by atoms with E-state index in [1.807, 2.05) is 22.8 Å². The van der Waals surface area contributed by atoms with Gasteiger partial charge in [0.2, 0.25) is 0 Å². The third-order valence-electron chi connectivity index (χ3n) is 5.09. The van der Waals surface area contributed by atoms with E-state index >= 15 is 0 Å². The smallest absolute Gasteiger partial charge is 0.270 e. The number of carbonyl (C=O) groups is 1. The summed E-state index contributed by atoms with van der Waals surface area (Å²) in [6, 6.07) is 16.7. The zero-order chi connectivity index (χ0) is 19.9. The molecular formula is C24H29N3O. The van der Waals surface area contributed by atoms with Crippen LogP contribution in [0.5, 0.6) is 0 Å². The van der Waals surface area contributed by atoms with Gasteiger partial charge in [0.1, 0.15) is 5.69 Å². The molecule has 28 heavy (non-hydrogen) atoms. The Hall–Kier alpha value is -2.88. The van der Waals surface area contributed by atoms with E-state index < -0.39 is 0 Å². The van der Waals surface area contributed by atoms with Crippen molar-refractivity contribution < 1.29 is 4.79 Å². The Kier molecular flexibility index (Phi) is 6.64. The molecule has 3 rings (SSSR count). The highest BCUT2D eigenvalue weighted by atomic mass is 16.2. The van der Waals surface area contributed by atoms with Crippen LogP contribution in [0.15, 0.2) is 61.1 Å². The molecule has 4 nitrogen and oxygen atoms in total. The first-order valence-electron chi connectivity index (χ1n) is 10.1. The number of amides is 1. The summed E-state index contributed by atoms with van der Waals surface area (Å²) < 4.78 is 1.84. The zero-order valence-electron chi connectivity index (χ0n) is 17.0. The number of imidazole rings is 1. The van der Waals surface area contributed by atoms with Crippen LogP contribution in [0.25, 0.3) is 16.8 Å². The summed E-state index contributed by atoms with van der Waals surface area (Å²) in [6.07, 6.45) is 7.84. The van der Waals surface area contributed by atoms with E-state index in [-0.39, 0.29) is 11.9 Å². The van der Waals surface area contributed by atoms with Crippen LogP contribution in [0.4, 0.5) is 0 Å². The monoisotopic (exact) mass is 375 g/mol. The quantitative estimate of drug-likeness (QED) is 0.525. The summed E-state index contributed by atoms with van der Waals surface area (Å²) in [6.45, 7) is 6.36. The van der Waals surface area contributed by atoms with Crippen LogP contribution in [0.1, 0.15) is 55.6 Å². The molecule has 0 fully saturated rings. The van der Waals surface area contributed by atoms with E-state index in [4.69, 9.17) is 0 Å². The lowest BCUT2D eigenvalue weighted by atomic mass is 10.0. The van der Waals surface area contributed by atoms with Gasteiger partial charge in [0.15, 0.2) is 0 Å². The predicted octanol–water partition coefficient (Wildman–Crippen LogP) is 5.55. The number of rotatable bonds is 8. The highest BCUT2D eigenvalue weighted by Crippen LogP contribution is 2.24. The van der Waals surface area contributed by atoms with Gasteiger partial charge < -0.3 is 5.32 Å². The topological polar surface area (TPSA) is 46.9 Å². The summed E-state index contributed by atoms with van der Waals surface area (Å²) in [5, 5.41) is 3.10. The lowest BCUT2D eigenvalue weighted by molar-refractivity contribution is 0.0931. The highest BCUT2D eigenvalue weighted by molar-refractivity contribution is 5.93. The van der Waals surface area contributed by atoms with E-state index in [0.717, 1.165) is 24.1 Å². The second kappa shape index (κ2) is 9.36. The lowest BCUT2D eigenvalue weighted by Crippen LogP contribution is -2.33. The Morgan fingerprint density at radius 3 is 2.57 bits per heavy atom. The van der Waals surface area contributed by atoms with Crippen LogP contribution in [0.2, 0.25) is 0 Å². The molecule has 0 saturated carbocycles. The van der Waals surface area contributed by atoms with Gasteiger partial charge in [0, 0.05) is 11.7 Å². The normalized spacial score (nSPS) is 12.0. The summed E-state index contributed by atoms with van der Waals surface area (Å²) in [4.78, 5) is 16.9. The number of aryl methyl sites for hydroxylation is 1. The van der Waals surface area contributed by atoms with Gasteiger partial charge in [-0.15, -0.1) is 0 Å². The molecule has 2 aromatic carbocycles. The minimum atomic E-state index is -0.0792. The summed E-state index contributed by atoms with van der Waals surface area (Å²) in [7, 11) is 0. The minimum Gasteiger partial charge on any atom is -0.348 e. The number of benzene rings is 2. The number of unbranched alkanes of at least 4 members (excludes halogenated alkanes) is 2. The minimum absolute atomic E-state index is 0.0792. The third kappa shape index (κ3) is 4.69. The fourth-order valence-electron chi connectivity index (χ4n) is 3.44.